The minimum Gasteiger partial charge on any atom is -0.487 e. The van der Waals surface area contributed by atoms with Crippen LogP contribution in [0.25, 0.3) is 0 Å². The zero-order valence-corrected chi connectivity index (χ0v) is 19.0. The highest BCUT2D eigenvalue weighted by atomic mass is 79.9. The monoisotopic (exact) mass is 477 g/mol. The molecule has 1 N–H and O–H groups in total. The van der Waals surface area contributed by atoms with Crippen LogP contribution in [0.1, 0.15) is 63.1 Å². The van der Waals surface area contributed by atoms with Crippen LogP contribution < -0.4 is 9.47 Å². The van der Waals surface area contributed by atoms with Gasteiger partial charge < -0.3 is 19.1 Å². The first-order chi connectivity index (χ1) is 14.3. The van der Waals surface area contributed by atoms with E-state index < -0.39 is 5.97 Å². The van der Waals surface area contributed by atoms with Crippen LogP contribution in [0.5, 0.6) is 11.5 Å². The molecule has 2 aliphatic carbocycles. The molecule has 1 heterocycles. The Morgan fingerprint density at radius 2 is 2.10 bits per heavy atom. The molecular formula is C23H28BrNO5. The smallest absolute Gasteiger partial charge is 0.303 e. The zero-order chi connectivity index (χ0) is 21.3. The molecule has 1 atom stereocenters. The molecule has 1 aromatic carbocycles. The van der Waals surface area contributed by atoms with Gasteiger partial charge in [-0.15, -0.1) is 0 Å². The third-order valence-corrected chi connectivity index (χ3v) is 6.57. The third kappa shape index (κ3) is 5.17. The second kappa shape index (κ2) is 8.61. The molecule has 0 aliphatic heterocycles. The summed E-state index contributed by atoms with van der Waals surface area (Å²) in [5, 5.41) is 13.3. The summed E-state index contributed by atoms with van der Waals surface area (Å²) in [6, 6.07) is 7.72. The molecule has 30 heavy (non-hydrogen) atoms. The van der Waals surface area contributed by atoms with Crippen molar-refractivity contribution in [1.82, 2.24) is 5.16 Å². The lowest BCUT2D eigenvalue weighted by Crippen LogP contribution is -2.35. The molecule has 1 aromatic heterocycles. The summed E-state index contributed by atoms with van der Waals surface area (Å²) < 4.78 is 17.7. The van der Waals surface area contributed by atoms with E-state index in [1.54, 1.807) is 0 Å². The molecule has 2 fully saturated rings. The van der Waals surface area contributed by atoms with Gasteiger partial charge in [-0.25, -0.2) is 0 Å². The summed E-state index contributed by atoms with van der Waals surface area (Å²) in [7, 11) is 0. The molecule has 162 valence electrons. The first-order valence-electron chi connectivity index (χ1n) is 10.5. The number of nitrogens with zero attached hydrogens (tertiary/aromatic N) is 1. The van der Waals surface area contributed by atoms with Crippen molar-refractivity contribution in [3.8, 4) is 11.5 Å². The van der Waals surface area contributed by atoms with E-state index in [1.807, 2.05) is 24.3 Å². The Morgan fingerprint density at radius 3 is 2.77 bits per heavy atom. The minimum absolute atomic E-state index is 0.0397. The molecule has 1 unspecified atom stereocenters. The second-order valence-corrected chi connectivity index (χ2v) is 10.1. The number of benzene rings is 1. The zero-order valence-electron chi connectivity index (χ0n) is 17.4. The van der Waals surface area contributed by atoms with Gasteiger partial charge in [0.15, 0.2) is 5.69 Å². The molecule has 2 saturated carbocycles. The Labute approximate surface area is 185 Å². The first-order valence-corrected chi connectivity index (χ1v) is 11.3. The molecule has 0 spiro atoms. The Kier molecular flexibility index (Phi) is 6.09. The fourth-order valence-corrected chi connectivity index (χ4v) is 4.99. The summed E-state index contributed by atoms with van der Waals surface area (Å²) in [6.07, 6.45) is 4.66. The number of carboxylic acids is 1. The SMILES string of the molecule is CC1(C)CC(COc2c(COc3cccc(C(CC(=O)O)C4CC4)c3)noc2Br)C1. The van der Waals surface area contributed by atoms with Crippen LogP contribution in [0.2, 0.25) is 0 Å². The predicted molar refractivity (Wildman–Crippen MR) is 115 cm³/mol. The molecule has 6 nitrogen and oxygen atoms in total. The average Bonchev–Trinajstić information content (AvgIpc) is 3.45. The van der Waals surface area contributed by atoms with E-state index >= 15 is 0 Å². The second-order valence-electron chi connectivity index (χ2n) is 9.38. The van der Waals surface area contributed by atoms with Crippen molar-refractivity contribution in [3.05, 3.63) is 40.2 Å². The van der Waals surface area contributed by atoms with Gasteiger partial charge in [0, 0.05) is 0 Å². The van der Waals surface area contributed by atoms with E-state index in [4.69, 9.17) is 14.0 Å². The van der Waals surface area contributed by atoms with Crippen molar-refractivity contribution in [2.75, 3.05) is 6.61 Å². The van der Waals surface area contributed by atoms with Gasteiger partial charge in [-0.05, 0) is 82.5 Å². The summed E-state index contributed by atoms with van der Waals surface area (Å²) in [4.78, 5) is 11.3. The lowest BCUT2D eigenvalue weighted by atomic mass is 9.65. The van der Waals surface area contributed by atoms with Crippen molar-refractivity contribution in [2.45, 2.75) is 58.5 Å². The lowest BCUT2D eigenvalue weighted by Gasteiger charge is -2.42. The van der Waals surface area contributed by atoms with E-state index in [-0.39, 0.29) is 18.9 Å². The van der Waals surface area contributed by atoms with Crippen LogP contribution in [-0.2, 0) is 11.4 Å². The quantitative estimate of drug-likeness (QED) is 0.465. The Hall–Kier alpha value is -2.02. The normalized spacial score (nSPS) is 19.2. The van der Waals surface area contributed by atoms with Gasteiger partial charge in [0.1, 0.15) is 12.4 Å². The van der Waals surface area contributed by atoms with Gasteiger partial charge in [0.05, 0.1) is 13.0 Å². The van der Waals surface area contributed by atoms with Gasteiger partial charge in [-0.1, -0.05) is 31.1 Å². The number of ether oxygens (including phenoxy) is 2. The fourth-order valence-electron chi connectivity index (χ4n) is 4.58. The highest BCUT2D eigenvalue weighted by molar-refractivity contribution is 9.10. The number of halogens is 1. The topological polar surface area (TPSA) is 81.8 Å². The molecular weight excluding hydrogens is 450 g/mol. The van der Waals surface area contributed by atoms with Gasteiger partial charge in [-0.3, -0.25) is 4.79 Å². The lowest BCUT2D eigenvalue weighted by molar-refractivity contribution is -0.137. The maximum absolute atomic E-state index is 11.3. The standard InChI is InChI=1S/C23H28BrNO5/c1-23(2)10-14(11-23)12-29-21-19(25-30-22(21)24)13-28-17-5-3-4-16(8-17)18(9-20(26)27)15-6-7-15/h3-5,8,14-15,18H,6-7,9-13H2,1-2H3,(H,26,27). The summed E-state index contributed by atoms with van der Waals surface area (Å²) >= 11 is 3.37. The Bertz CT molecular complexity index is 897. The molecule has 7 heteroatoms. The van der Waals surface area contributed by atoms with E-state index in [9.17, 15) is 9.90 Å². The van der Waals surface area contributed by atoms with Crippen LogP contribution in [-0.4, -0.2) is 22.8 Å². The summed E-state index contributed by atoms with van der Waals surface area (Å²) in [5.41, 5.74) is 2.04. The molecule has 0 radical (unpaired) electrons. The summed E-state index contributed by atoms with van der Waals surface area (Å²) in [6.45, 7) is 5.41. The van der Waals surface area contributed by atoms with Crippen molar-refractivity contribution in [1.29, 1.82) is 0 Å². The van der Waals surface area contributed by atoms with Crippen LogP contribution >= 0.6 is 15.9 Å². The molecule has 2 aromatic rings. The predicted octanol–water partition coefficient (Wildman–Crippen LogP) is 5.80. The first kappa shape index (κ1) is 21.2. The van der Waals surface area contributed by atoms with E-state index in [0.29, 0.717) is 45.7 Å². The maximum atomic E-state index is 11.3. The van der Waals surface area contributed by atoms with E-state index in [1.165, 1.54) is 0 Å². The molecule has 0 bridgehead atoms. The van der Waals surface area contributed by atoms with Gasteiger partial charge in [0.25, 0.3) is 0 Å². The Morgan fingerprint density at radius 1 is 1.33 bits per heavy atom. The molecule has 0 saturated heterocycles. The fraction of sp³-hybridized carbons (Fsp3) is 0.565. The number of aromatic nitrogens is 1. The van der Waals surface area contributed by atoms with Crippen LogP contribution in [0.3, 0.4) is 0 Å². The summed E-state index contributed by atoms with van der Waals surface area (Å²) in [5.74, 6) is 1.58. The van der Waals surface area contributed by atoms with Crippen molar-refractivity contribution in [3.63, 3.8) is 0 Å². The third-order valence-electron chi connectivity index (χ3n) is 6.07. The Balaban J connectivity index is 1.37. The van der Waals surface area contributed by atoms with Crippen molar-refractivity contribution in [2.24, 2.45) is 17.3 Å². The molecule has 2 aliphatic rings. The average molecular weight is 478 g/mol. The maximum Gasteiger partial charge on any atom is 0.303 e. The van der Waals surface area contributed by atoms with Crippen LogP contribution in [0.4, 0.5) is 0 Å². The number of rotatable bonds is 10. The molecule has 0 amide bonds. The highest BCUT2D eigenvalue weighted by Gasteiger charge is 2.37. The number of hydrogen-bond donors (Lipinski definition) is 1. The molecule has 4 rings (SSSR count). The number of aliphatic carboxylic acids is 1. The number of carbonyl (C=O) groups is 1. The largest absolute Gasteiger partial charge is 0.487 e. The minimum atomic E-state index is -0.762. The number of carboxylic acid groups (broad SMARTS) is 1. The van der Waals surface area contributed by atoms with E-state index in [2.05, 4.69) is 34.9 Å². The van der Waals surface area contributed by atoms with Gasteiger partial charge >= 0.3 is 5.97 Å². The van der Waals surface area contributed by atoms with Crippen LogP contribution in [0.15, 0.2) is 33.5 Å². The highest BCUT2D eigenvalue weighted by Crippen LogP contribution is 2.46. The van der Waals surface area contributed by atoms with Crippen molar-refractivity contribution >= 4 is 21.9 Å². The number of hydrogen-bond acceptors (Lipinski definition) is 5. The van der Waals surface area contributed by atoms with E-state index in [0.717, 1.165) is 31.2 Å². The van der Waals surface area contributed by atoms with Crippen LogP contribution in [0, 0.1) is 17.3 Å². The van der Waals surface area contributed by atoms with Crippen molar-refractivity contribution < 1.29 is 23.9 Å². The van der Waals surface area contributed by atoms with Gasteiger partial charge in [-0.2, -0.15) is 0 Å². The van der Waals surface area contributed by atoms with Gasteiger partial charge in [0.2, 0.25) is 10.4 Å².